The van der Waals surface area contributed by atoms with Gasteiger partial charge in [0.25, 0.3) is 5.91 Å². The minimum atomic E-state index is -0.316. The van der Waals surface area contributed by atoms with Crippen molar-refractivity contribution in [3.63, 3.8) is 0 Å². The lowest BCUT2D eigenvalue weighted by Gasteiger charge is -2.02. The van der Waals surface area contributed by atoms with E-state index in [1.54, 1.807) is 12.1 Å². The van der Waals surface area contributed by atoms with Crippen molar-refractivity contribution in [3.05, 3.63) is 24.3 Å². The summed E-state index contributed by atoms with van der Waals surface area (Å²) in [5.41, 5.74) is 0.663. The van der Waals surface area contributed by atoms with E-state index in [0.717, 1.165) is 0 Å². The Morgan fingerprint density at radius 3 is 2.50 bits per heavy atom. The standard InChI is InChI=1S/C10H11NO3/c1-6-9(14-6)10(13)11-7-2-4-8(12)5-3-7/h2-6,9,12H,1H3,(H,11,13)/t6-,9+/m0/s1. The molecule has 2 rings (SSSR count). The van der Waals surface area contributed by atoms with E-state index in [1.807, 2.05) is 6.92 Å². The monoisotopic (exact) mass is 193 g/mol. The summed E-state index contributed by atoms with van der Waals surface area (Å²) in [6.07, 6.45) is -0.295. The molecule has 1 aliphatic heterocycles. The lowest BCUT2D eigenvalue weighted by Crippen LogP contribution is -2.19. The molecule has 0 unspecified atom stereocenters. The van der Waals surface area contributed by atoms with Gasteiger partial charge in [-0.25, -0.2) is 0 Å². The second kappa shape index (κ2) is 3.31. The van der Waals surface area contributed by atoms with Gasteiger partial charge in [-0.15, -0.1) is 0 Å². The van der Waals surface area contributed by atoms with Crippen molar-refractivity contribution in [2.24, 2.45) is 0 Å². The Labute approximate surface area is 81.5 Å². The molecule has 1 saturated heterocycles. The number of phenolic OH excluding ortho intramolecular Hbond substituents is 1. The summed E-state index contributed by atoms with van der Waals surface area (Å²) in [5, 5.41) is 11.7. The molecule has 0 spiro atoms. The zero-order valence-electron chi connectivity index (χ0n) is 7.73. The van der Waals surface area contributed by atoms with Crippen LogP contribution in [-0.2, 0) is 9.53 Å². The summed E-state index contributed by atoms with van der Waals surface area (Å²) in [6.45, 7) is 1.85. The molecule has 0 saturated carbocycles. The van der Waals surface area contributed by atoms with Gasteiger partial charge < -0.3 is 15.2 Å². The van der Waals surface area contributed by atoms with Crippen molar-refractivity contribution in [1.29, 1.82) is 0 Å². The van der Waals surface area contributed by atoms with Gasteiger partial charge in [-0.05, 0) is 31.2 Å². The Balaban J connectivity index is 1.97. The molecule has 2 atom stereocenters. The van der Waals surface area contributed by atoms with Crippen molar-refractivity contribution in [2.45, 2.75) is 19.1 Å². The normalized spacial score (nSPS) is 24.4. The summed E-state index contributed by atoms with van der Waals surface area (Å²) in [5.74, 6) is 0.0437. The molecule has 1 aromatic carbocycles. The van der Waals surface area contributed by atoms with E-state index in [1.165, 1.54) is 12.1 Å². The molecule has 0 aliphatic carbocycles. The van der Waals surface area contributed by atoms with Crippen molar-refractivity contribution in [1.82, 2.24) is 0 Å². The van der Waals surface area contributed by atoms with E-state index in [2.05, 4.69) is 5.32 Å². The third kappa shape index (κ3) is 1.85. The Kier molecular flexibility index (Phi) is 2.13. The van der Waals surface area contributed by atoms with Crippen LogP contribution in [0.25, 0.3) is 0 Å². The van der Waals surface area contributed by atoms with E-state index in [4.69, 9.17) is 9.84 Å². The maximum absolute atomic E-state index is 11.4. The van der Waals surface area contributed by atoms with Crippen LogP contribution in [0, 0.1) is 0 Å². The molecule has 1 amide bonds. The summed E-state index contributed by atoms with van der Waals surface area (Å²) in [6, 6.07) is 6.32. The smallest absolute Gasteiger partial charge is 0.256 e. The van der Waals surface area contributed by atoms with Crippen LogP contribution in [0.2, 0.25) is 0 Å². The van der Waals surface area contributed by atoms with Gasteiger partial charge in [0.1, 0.15) is 5.75 Å². The van der Waals surface area contributed by atoms with Crippen LogP contribution in [0.15, 0.2) is 24.3 Å². The number of benzene rings is 1. The van der Waals surface area contributed by atoms with Crippen molar-refractivity contribution in [3.8, 4) is 5.75 Å². The number of rotatable bonds is 2. The number of nitrogens with one attached hydrogen (secondary N) is 1. The topological polar surface area (TPSA) is 61.9 Å². The molecule has 0 aromatic heterocycles. The maximum atomic E-state index is 11.4. The number of phenols is 1. The molecule has 0 bridgehead atoms. The summed E-state index contributed by atoms with van der Waals surface area (Å²) in [4.78, 5) is 11.4. The number of amides is 1. The van der Waals surface area contributed by atoms with Gasteiger partial charge in [0.15, 0.2) is 6.10 Å². The fraction of sp³-hybridized carbons (Fsp3) is 0.300. The zero-order chi connectivity index (χ0) is 10.1. The number of ether oxygens (including phenoxy) is 1. The highest BCUT2D eigenvalue weighted by Crippen LogP contribution is 2.23. The summed E-state index contributed by atoms with van der Waals surface area (Å²) < 4.78 is 5.01. The van der Waals surface area contributed by atoms with Crippen LogP contribution < -0.4 is 5.32 Å². The fourth-order valence-electron chi connectivity index (χ4n) is 1.22. The van der Waals surface area contributed by atoms with E-state index < -0.39 is 0 Å². The third-order valence-corrected chi connectivity index (χ3v) is 2.10. The third-order valence-electron chi connectivity index (χ3n) is 2.10. The van der Waals surface area contributed by atoms with E-state index in [-0.39, 0.29) is 23.9 Å². The Morgan fingerprint density at radius 1 is 1.43 bits per heavy atom. The molecule has 4 heteroatoms. The fourth-order valence-corrected chi connectivity index (χ4v) is 1.22. The van der Waals surface area contributed by atoms with E-state index in [9.17, 15) is 4.79 Å². The molecule has 1 heterocycles. The summed E-state index contributed by atoms with van der Waals surface area (Å²) in [7, 11) is 0. The zero-order valence-corrected chi connectivity index (χ0v) is 7.73. The van der Waals surface area contributed by atoms with Crippen molar-refractivity contribution < 1.29 is 14.6 Å². The highest BCUT2D eigenvalue weighted by Gasteiger charge is 2.41. The Morgan fingerprint density at radius 2 is 2.00 bits per heavy atom. The Bertz CT molecular complexity index is 347. The van der Waals surface area contributed by atoms with Crippen LogP contribution >= 0.6 is 0 Å². The Hall–Kier alpha value is -1.55. The predicted octanol–water partition coefficient (Wildman–Crippen LogP) is 1.12. The number of carbonyl (C=O) groups is 1. The molecule has 4 nitrogen and oxygen atoms in total. The highest BCUT2D eigenvalue weighted by atomic mass is 16.6. The first-order chi connectivity index (χ1) is 6.66. The SMILES string of the molecule is C[C@@H]1O[C@H]1C(=O)Nc1ccc(O)cc1. The largest absolute Gasteiger partial charge is 0.508 e. The lowest BCUT2D eigenvalue weighted by atomic mass is 10.2. The van der Waals surface area contributed by atoms with Gasteiger partial charge in [-0.1, -0.05) is 0 Å². The van der Waals surface area contributed by atoms with Gasteiger partial charge in [0, 0.05) is 5.69 Å². The van der Waals surface area contributed by atoms with Gasteiger partial charge in [0.05, 0.1) is 6.10 Å². The second-order valence-corrected chi connectivity index (χ2v) is 3.30. The van der Waals surface area contributed by atoms with Crippen LogP contribution in [0.4, 0.5) is 5.69 Å². The average Bonchev–Trinajstić information content (AvgIpc) is 2.87. The number of epoxide rings is 1. The first kappa shape index (κ1) is 9.02. The van der Waals surface area contributed by atoms with Gasteiger partial charge >= 0.3 is 0 Å². The van der Waals surface area contributed by atoms with Gasteiger partial charge in [0.2, 0.25) is 0 Å². The average molecular weight is 193 g/mol. The van der Waals surface area contributed by atoms with Crippen LogP contribution in [0.5, 0.6) is 5.75 Å². The molecule has 2 N–H and O–H groups in total. The van der Waals surface area contributed by atoms with Crippen LogP contribution in [0.3, 0.4) is 0 Å². The molecule has 74 valence electrons. The number of hydrogen-bond acceptors (Lipinski definition) is 3. The molecule has 1 aliphatic rings. The molecule has 0 radical (unpaired) electrons. The predicted molar refractivity (Wildman–Crippen MR) is 51.1 cm³/mol. The molecular formula is C10H11NO3. The number of hydrogen-bond donors (Lipinski definition) is 2. The van der Waals surface area contributed by atoms with E-state index in [0.29, 0.717) is 5.69 Å². The number of aromatic hydroxyl groups is 1. The van der Waals surface area contributed by atoms with Gasteiger partial charge in [-0.2, -0.15) is 0 Å². The van der Waals surface area contributed by atoms with Gasteiger partial charge in [-0.3, -0.25) is 4.79 Å². The maximum Gasteiger partial charge on any atom is 0.256 e. The second-order valence-electron chi connectivity index (χ2n) is 3.30. The first-order valence-corrected chi connectivity index (χ1v) is 4.42. The molecular weight excluding hydrogens is 182 g/mol. The molecule has 1 fully saturated rings. The highest BCUT2D eigenvalue weighted by molar-refractivity contribution is 5.96. The summed E-state index contributed by atoms with van der Waals surface area (Å²) >= 11 is 0. The quantitative estimate of drug-likeness (QED) is 0.546. The number of anilines is 1. The van der Waals surface area contributed by atoms with Crippen LogP contribution in [-0.4, -0.2) is 23.2 Å². The van der Waals surface area contributed by atoms with Crippen LogP contribution in [0.1, 0.15) is 6.92 Å². The molecule has 14 heavy (non-hydrogen) atoms. The van der Waals surface area contributed by atoms with Crippen molar-refractivity contribution in [2.75, 3.05) is 5.32 Å². The lowest BCUT2D eigenvalue weighted by molar-refractivity contribution is -0.117. The minimum absolute atomic E-state index is 0.0205. The minimum Gasteiger partial charge on any atom is -0.508 e. The van der Waals surface area contributed by atoms with E-state index >= 15 is 0 Å². The first-order valence-electron chi connectivity index (χ1n) is 4.42. The van der Waals surface area contributed by atoms with Crippen molar-refractivity contribution >= 4 is 11.6 Å². The number of carbonyl (C=O) groups excluding carboxylic acids is 1. The molecule has 1 aromatic rings.